The molecule has 0 spiro atoms. The zero-order valence-electron chi connectivity index (χ0n) is 10.1. The Morgan fingerprint density at radius 1 is 1.44 bits per heavy atom. The fourth-order valence-corrected chi connectivity index (χ4v) is 1.75. The molecular weight excluding hydrogens is 200 g/mol. The first-order chi connectivity index (χ1) is 7.60. The molecule has 1 aromatic rings. The lowest BCUT2D eigenvalue weighted by atomic mass is 10.1. The summed E-state index contributed by atoms with van der Waals surface area (Å²) in [6.07, 6.45) is 0. The highest BCUT2D eigenvalue weighted by molar-refractivity contribution is 5.60. The number of aliphatic hydroxyl groups is 1. The standard InChI is InChI=1S/C13H18N2O/c1-10(2)15(6-7-16)13-5-4-11(3)8-12(13)9-14/h4-5,8,10,16H,6-7H2,1-3H3. The van der Waals surface area contributed by atoms with Gasteiger partial charge in [0.2, 0.25) is 0 Å². The molecule has 0 aliphatic rings. The summed E-state index contributed by atoms with van der Waals surface area (Å²) >= 11 is 0. The van der Waals surface area contributed by atoms with Crippen molar-refractivity contribution in [3.8, 4) is 6.07 Å². The minimum absolute atomic E-state index is 0.0942. The van der Waals surface area contributed by atoms with Gasteiger partial charge in [0.05, 0.1) is 17.9 Å². The van der Waals surface area contributed by atoms with Crippen LogP contribution >= 0.6 is 0 Å². The van der Waals surface area contributed by atoms with Crippen LogP contribution in [0.5, 0.6) is 0 Å². The second-order valence-electron chi connectivity index (χ2n) is 4.14. The quantitative estimate of drug-likeness (QED) is 0.841. The van der Waals surface area contributed by atoms with Gasteiger partial charge in [-0.05, 0) is 38.5 Å². The maximum Gasteiger partial charge on any atom is 0.101 e. The molecule has 0 heterocycles. The summed E-state index contributed by atoms with van der Waals surface area (Å²) in [6, 6.07) is 8.29. The summed E-state index contributed by atoms with van der Waals surface area (Å²) in [5.41, 5.74) is 2.65. The van der Waals surface area contributed by atoms with Crippen LogP contribution in [0.3, 0.4) is 0 Å². The molecule has 0 fully saturated rings. The molecule has 0 amide bonds. The number of anilines is 1. The third-order valence-corrected chi connectivity index (χ3v) is 2.55. The zero-order chi connectivity index (χ0) is 12.1. The van der Waals surface area contributed by atoms with E-state index in [4.69, 9.17) is 10.4 Å². The molecule has 16 heavy (non-hydrogen) atoms. The molecular formula is C13H18N2O. The number of nitriles is 1. The Morgan fingerprint density at radius 2 is 2.12 bits per heavy atom. The summed E-state index contributed by atoms with van der Waals surface area (Å²) in [4.78, 5) is 2.04. The first kappa shape index (κ1) is 12.5. The second kappa shape index (κ2) is 5.53. The Hall–Kier alpha value is -1.53. The van der Waals surface area contributed by atoms with Gasteiger partial charge in [-0.3, -0.25) is 0 Å². The molecule has 0 bridgehead atoms. The normalized spacial score (nSPS) is 10.2. The molecule has 3 nitrogen and oxygen atoms in total. The fraction of sp³-hybridized carbons (Fsp3) is 0.462. The van der Waals surface area contributed by atoms with Crippen LogP contribution in [0.15, 0.2) is 18.2 Å². The summed E-state index contributed by atoms with van der Waals surface area (Å²) in [6.45, 7) is 6.72. The summed E-state index contributed by atoms with van der Waals surface area (Å²) in [7, 11) is 0. The van der Waals surface area contributed by atoms with Crippen molar-refractivity contribution in [1.29, 1.82) is 5.26 Å². The van der Waals surface area contributed by atoms with Gasteiger partial charge in [0.25, 0.3) is 0 Å². The third kappa shape index (κ3) is 2.74. The number of benzene rings is 1. The molecule has 1 N–H and O–H groups in total. The average molecular weight is 218 g/mol. The Morgan fingerprint density at radius 3 is 2.62 bits per heavy atom. The Labute approximate surface area is 96.9 Å². The molecule has 0 unspecified atom stereocenters. The third-order valence-electron chi connectivity index (χ3n) is 2.55. The van der Waals surface area contributed by atoms with Gasteiger partial charge < -0.3 is 10.0 Å². The number of aliphatic hydroxyl groups excluding tert-OH is 1. The van der Waals surface area contributed by atoms with E-state index in [1.54, 1.807) is 0 Å². The largest absolute Gasteiger partial charge is 0.395 e. The van der Waals surface area contributed by atoms with Crippen molar-refractivity contribution in [3.05, 3.63) is 29.3 Å². The fourth-order valence-electron chi connectivity index (χ4n) is 1.75. The van der Waals surface area contributed by atoms with Crippen LogP contribution < -0.4 is 4.90 Å². The van der Waals surface area contributed by atoms with E-state index in [1.807, 2.05) is 30.0 Å². The van der Waals surface area contributed by atoms with Crippen LogP contribution in [-0.2, 0) is 0 Å². The van der Waals surface area contributed by atoms with Crippen LogP contribution in [0.1, 0.15) is 25.0 Å². The monoisotopic (exact) mass is 218 g/mol. The average Bonchev–Trinajstić information content (AvgIpc) is 2.26. The topological polar surface area (TPSA) is 47.3 Å². The van der Waals surface area contributed by atoms with Crippen molar-refractivity contribution in [1.82, 2.24) is 0 Å². The van der Waals surface area contributed by atoms with E-state index in [9.17, 15) is 0 Å². The molecule has 0 aliphatic heterocycles. The van der Waals surface area contributed by atoms with Gasteiger partial charge in [0.15, 0.2) is 0 Å². The lowest BCUT2D eigenvalue weighted by molar-refractivity contribution is 0.299. The van der Waals surface area contributed by atoms with Crippen molar-refractivity contribution in [3.63, 3.8) is 0 Å². The molecule has 0 saturated heterocycles. The van der Waals surface area contributed by atoms with Crippen LogP contribution in [0.4, 0.5) is 5.69 Å². The highest BCUT2D eigenvalue weighted by Gasteiger charge is 2.13. The SMILES string of the molecule is Cc1ccc(N(CCO)C(C)C)c(C#N)c1. The minimum Gasteiger partial charge on any atom is -0.395 e. The number of hydrogen-bond acceptors (Lipinski definition) is 3. The molecule has 0 radical (unpaired) electrons. The molecule has 1 rings (SSSR count). The Bertz CT molecular complexity index is 393. The van der Waals surface area contributed by atoms with Crippen molar-refractivity contribution in [2.45, 2.75) is 26.8 Å². The molecule has 0 saturated carbocycles. The number of aryl methyl sites for hydroxylation is 1. The second-order valence-corrected chi connectivity index (χ2v) is 4.14. The maximum absolute atomic E-state index is 9.10. The minimum atomic E-state index is 0.0942. The summed E-state index contributed by atoms with van der Waals surface area (Å²) < 4.78 is 0. The summed E-state index contributed by atoms with van der Waals surface area (Å²) in [5.74, 6) is 0. The van der Waals surface area contributed by atoms with E-state index in [0.717, 1.165) is 11.3 Å². The Kier molecular flexibility index (Phi) is 4.33. The predicted molar refractivity (Wildman–Crippen MR) is 65.5 cm³/mol. The molecule has 3 heteroatoms. The first-order valence-corrected chi connectivity index (χ1v) is 5.48. The molecule has 86 valence electrons. The molecule has 0 aliphatic carbocycles. The van der Waals surface area contributed by atoms with Crippen molar-refractivity contribution in [2.24, 2.45) is 0 Å². The summed E-state index contributed by atoms with van der Waals surface area (Å²) in [5, 5.41) is 18.1. The van der Waals surface area contributed by atoms with Crippen LogP contribution in [0, 0.1) is 18.3 Å². The number of hydrogen-bond donors (Lipinski definition) is 1. The molecule has 0 atom stereocenters. The van der Waals surface area contributed by atoms with Gasteiger partial charge in [-0.1, -0.05) is 6.07 Å². The van der Waals surface area contributed by atoms with E-state index in [2.05, 4.69) is 19.9 Å². The highest BCUT2D eigenvalue weighted by atomic mass is 16.3. The van der Waals surface area contributed by atoms with Crippen molar-refractivity contribution in [2.75, 3.05) is 18.1 Å². The van der Waals surface area contributed by atoms with E-state index in [0.29, 0.717) is 12.1 Å². The maximum atomic E-state index is 9.10. The van der Waals surface area contributed by atoms with Crippen molar-refractivity contribution < 1.29 is 5.11 Å². The van der Waals surface area contributed by atoms with Gasteiger partial charge in [-0.2, -0.15) is 5.26 Å². The molecule has 0 aromatic heterocycles. The first-order valence-electron chi connectivity index (χ1n) is 5.48. The van der Waals surface area contributed by atoms with E-state index >= 15 is 0 Å². The van der Waals surface area contributed by atoms with E-state index < -0.39 is 0 Å². The highest BCUT2D eigenvalue weighted by Crippen LogP contribution is 2.22. The van der Waals surface area contributed by atoms with Crippen LogP contribution in [0.25, 0.3) is 0 Å². The lowest BCUT2D eigenvalue weighted by Gasteiger charge is -2.29. The lowest BCUT2D eigenvalue weighted by Crippen LogP contribution is -2.34. The number of rotatable bonds is 4. The van der Waals surface area contributed by atoms with Crippen LogP contribution in [-0.4, -0.2) is 24.3 Å². The van der Waals surface area contributed by atoms with Gasteiger partial charge in [-0.25, -0.2) is 0 Å². The van der Waals surface area contributed by atoms with Gasteiger partial charge >= 0.3 is 0 Å². The van der Waals surface area contributed by atoms with Gasteiger partial charge in [0.1, 0.15) is 6.07 Å². The Balaban J connectivity index is 3.14. The smallest absolute Gasteiger partial charge is 0.101 e. The van der Waals surface area contributed by atoms with E-state index in [-0.39, 0.29) is 12.6 Å². The number of nitrogens with zero attached hydrogens (tertiary/aromatic N) is 2. The molecule has 1 aromatic carbocycles. The van der Waals surface area contributed by atoms with Crippen molar-refractivity contribution >= 4 is 5.69 Å². The van der Waals surface area contributed by atoms with Gasteiger partial charge in [-0.15, -0.1) is 0 Å². The van der Waals surface area contributed by atoms with Gasteiger partial charge in [0, 0.05) is 12.6 Å². The zero-order valence-corrected chi connectivity index (χ0v) is 10.1. The predicted octanol–water partition coefficient (Wildman–Crippen LogP) is 2.07. The van der Waals surface area contributed by atoms with Crippen LogP contribution in [0.2, 0.25) is 0 Å². The van der Waals surface area contributed by atoms with E-state index in [1.165, 1.54) is 0 Å².